The van der Waals surface area contributed by atoms with Gasteiger partial charge in [0.05, 0.1) is 6.61 Å². The molecule has 0 saturated carbocycles. The van der Waals surface area contributed by atoms with Crippen molar-refractivity contribution in [2.75, 3.05) is 26.3 Å². The molecule has 0 saturated heterocycles. The van der Waals surface area contributed by atoms with Gasteiger partial charge in [-0.1, -0.05) is 20.8 Å². The Morgan fingerprint density at radius 3 is 2.62 bits per heavy atom. The van der Waals surface area contributed by atoms with E-state index in [0.717, 1.165) is 19.4 Å². The first-order valence-corrected chi connectivity index (χ1v) is 6.13. The second-order valence-corrected chi connectivity index (χ2v) is 4.59. The molecule has 0 aliphatic heterocycles. The van der Waals surface area contributed by atoms with Crippen LogP contribution < -0.4 is 11.1 Å². The summed E-state index contributed by atoms with van der Waals surface area (Å²) in [6, 6.07) is 0. The van der Waals surface area contributed by atoms with E-state index in [9.17, 15) is 4.79 Å². The van der Waals surface area contributed by atoms with Gasteiger partial charge in [0.2, 0.25) is 5.91 Å². The first-order chi connectivity index (χ1) is 7.57. The lowest BCUT2D eigenvalue weighted by molar-refractivity contribution is -0.124. The molecule has 0 aromatic rings. The van der Waals surface area contributed by atoms with Crippen LogP contribution in [0.15, 0.2) is 0 Å². The van der Waals surface area contributed by atoms with Crippen molar-refractivity contribution in [1.29, 1.82) is 0 Å². The molecule has 4 nitrogen and oxygen atoms in total. The SMILES string of the molecule is CC(C)COCCNC(=O)C(C)CCCN. The Kier molecular flexibility index (Phi) is 9.24. The molecule has 0 rings (SSSR count). The quantitative estimate of drug-likeness (QED) is 0.584. The third-order valence-electron chi connectivity index (χ3n) is 2.29. The van der Waals surface area contributed by atoms with Gasteiger partial charge in [-0.05, 0) is 25.3 Å². The zero-order valence-corrected chi connectivity index (χ0v) is 10.8. The van der Waals surface area contributed by atoms with E-state index >= 15 is 0 Å². The molecule has 4 heteroatoms. The molecular formula is C12H26N2O2. The Balaban J connectivity index is 3.42. The second-order valence-electron chi connectivity index (χ2n) is 4.59. The van der Waals surface area contributed by atoms with Crippen molar-refractivity contribution < 1.29 is 9.53 Å². The Bertz CT molecular complexity index is 184. The highest BCUT2D eigenvalue weighted by molar-refractivity contribution is 5.78. The summed E-state index contributed by atoms with van der Waals surface area (Å²) in [6.07, 6.45) is 1.76. The van der Waals surface area contributed by atoms with Gasteiger partial charge in [0.1, 0.15) is 0 Å². The van der Waals surface area contributed by atoms with Crippen molar-refractivity contribution in [3.8, 4) is 0 Å². The fraction of sp³-hybridized carbons (Fsp3) is 0.917. The summed E-state index contributed by atoms with van der Waals surface area (Å²) >= 11 is 0. The maximum Gasteiger partial charge on any atom is 0.222 e. The Morgan fingerprint density at radius 1 is 1.38 bits per heavy atom. The normalized spacial score (nSPS) is 12.8. The number of ether oxygens (including phenoxy) is 1. The van der Waals surface area contributed by atoms with Crippen molar-refractivity contribution >= 4 is 5.91 Å². The highest BCUT2D eigenvalue weighted by Gasteiger charge is 2.10. The zero-order chi connectivity index (χ0) is 12.4. The molecule has 1 atom stereocenters. The number of hydrogen-bond donors (Lipinski definition) is 2. The number of nitrogens with one attached hydrogen (secondary N) is 1. The molecule has 0 aromatic carbocycles. The van der Waals surface area contributed by atoms with E-state index in [1.165, 1.54) is 0 Å². The monoisotopic (exact) mass is 230 g/mol. The minimum Gasteiger partial charge on any atom is -0.379 e. The van der Waals surface area contributed by atoms with Crippen LogP contribution in [0.4, 0.5) is 0 Å². The van der Waals surface area contributed by atoms with Crippen LogP contribution in [0, 0.1) is 11.8 Å². The van der Waals surface area contributed by atoms with E-state index in [1.807, 2.05) is 6.92 Å². The standard InChI is InChI=1S/C12H26N2O2/c1-10(2)9-16-8-7-14-12(15)11(3)5-4-6-13/h10-11H,4-9,13H2,1-3H3,(H,14,15). The van der Waals surface area contributed by atoms with Gasteiger partial charge in [0.15, 0.2) is 0 Å². The van der Waals surface area contributed by atoms with Gasteiger partial charge in [-0.3, -0.25) is 4.79 Å². The van der Waals surface area contributed by atoms with Crippen LogP contribution in [-0.2, 0) is 9.53 Å². The smallest absolute Gasteiger partial charge is 0.222 e. The third-order valence-corrected chi connectivity index (χ3v) is 2.29. The minimum absolute atomic E-state index is 0.0497. The van der Waals surface area contributed by atoms with E-state index in [0.29, 0.717) is 25.6 Å². The zero-order valence-electron chi connectivity index (χ0n) is 10.8. The van der Waals surface area contributed by atoms with Crippen molar-refractivity contribution in [3.63, 3.8) is 0 Å². The molecule has 1 amide bonds. The first-order valence-electron chi connectivity index (χ1n) is 6.13. The Labute approximate surface area is 98.9 Å². The van der Waals surface area contributed by atoms with E-state index in [4.69, 9.17) is 10.5 Å². The van der Waals surface area contributed by atoms with Crippen LogP contribution in [0.5, 0.6) is 0 Å². The lowest BCUT2D eigenvalue weighted by Gasteiger charge is -2.12. The van der Waals surface area contributed by atoms with Gasteiger partial charge in [-0.25, -0.2) is 0 Å². The molecule has 1 unspecified atom stereocenters. The van der Waals surface area contributed by atoms with Crippen molar-refractivity contribution in [2.45, 2.75) is 33.6 Å². The first kappa shape index (κ1) is 15.4. The molecule has 0 heterocycles. The molecule has 3 N–H and O–H groups in total. The number of carbonyl (C=O) groups is 1. The average molecular weight is 230 g/mol. The van der Waals surface area contributed by atoms with Crippen LogP contribution in [0.3, 0.4) is 0 Å². The highest BCUT2D eigenvalue weighted by atomic mass is 16.5. The molecule has 0 bridgehead atoms. The fourth-order valence-corrected chi connectivity index (χ4v) is 1.29. The van der Waals surface area contributed by atoms with E-state index < -0.39 is 0 Å². The molecule has 0 radical (unpaired) electrons. The predicted octanol–water partition coefficient (Wildman–Crippen LogP) is 1.15. The summed E-state index contributed by atoms with van der Waals surface area (Å²) in [7, 11) is 0. The van der Waals surface area contributed by atoms with Crippen LogP contribution in [-0.4, -0.2) is 32.2 Å². The summed E-state index contributed by atoms with van der Waals surface area (Å²) in [5, 5.41) is 2.86. The van der Waals surface area contributed by atoms with Crippen LogP contribution in [0.25, 0.3) is 0 Å². The molecular weight excluding hydrogens is 204 g/mol. The topological polar surface area (TPSA) is 64.3 Å². The number of hydrogen-bond acceptors (Lipinski definition) is 3. The minimum atomic E-state index is 0.0497. The Morgan fingerprint density at radius 2 is 2.06 bits per heavy atom. The predicted molar refractivity (Wildman–Crippen MR) is 66.1 cm³/mol. The van der Waals surface area contributed by atoms with Gasteiger partial charge in [0, 0.05) is 19.1 Å². The summed E-state index contributed by atoms with van der Waals surface area (Å²) in [4.78, 5) is 11.5. The van der Waals surface area contributed by atoms with Gasteiger partial charge < -0.3 is 15.8 Å². The number of carbonyl (C=O) groups excluding carboxylic acids is 1. The summed E-state index contributed by atoms with van der Waals surface area (Å²) < 4.78 is 5.37. The second kappa shape index (κ2) is 9.60. The van der Waals surface area contributed by atoms with Crippen LogP contribution in [0.2, 0.25) is 0 Å². The molecule has 0 aromatic heterocycles. The molecule has 16 heavy (non-hydrogen) atoms. The number of amides is 1. The third kappa shape index (κ3) is 8.68. The van der Waals surface area contributed by atoms with Gasteiger partial charge in [-0.15, -0.1) is 0 Å². The largest absolute Gasteiger partial charge is 0.379 e. The van der Waals surface area contributed by atoms with Crippen molar-refractivity contribution in [2.24, 2.45) is 17.6 Å². The maximum absolute atomic E-state index is 11.5. The molecule has 0 spiro atoms. The molecule has 96 valence electrons. The number of nitrogens with two attached hydrogens (primary N) is 1. The van der Waals surface area contributed by atoms with E-state index in [-0.39, 0.29) is 11.8 Å². The molecule has 0 fully saturated rings. The van der Waals surface area contributed by atoms with Gasteiger partial charge >= 0.3 is 0 Å². The lowest BCUT2D eigenvalue weighted by Crippen LogP contribution is -2.32. The highest BCUT2D eigenvalue weighted by Crippen LogP contribution is 2.03. The van der Waals surface area contributed by atoms with E-state index in [2.05, 4.69) is 19.2 Å². The fourth-order valence-electron chi connectivity index (χ4n) is 1.29. The van der Waals surface area contributed by atoms with Crippen LogP contribution in [0.1, 0.15) is 33.6 Å². The van der Waals surface area contributed by atoms with Crippen molar-refractivity contribution in [1.82, 2.24) is 5.32 Å². The lowest BCUT2D eigenvalue weighted by atomic mass is 10.1. The number of rotatable bonds is 9. The summed E-state index contributed by atoms with van der Waals surface area (Å²) in [5.41, 5.74) is 5.39. The summed E-state index contributed by atoms with van der Waals surface area (Å²) in [5.74, 6) is 0.689. The molecule has 0 aliphatic carbocycles. The van der Waals surface area contributed by atoms with Gasteiger partial charge in [0.25, 0.3) is 0 Å². The van der Waals surface area contributed by atoms with E-state index in [1.54, 1.807) is 0 Å². The maximum atomic E-state index is 11.5. The average Bonchev–Trinajstić information content (AvgIpc) is 2.24. The van der Waals surface area contributed by atoms with Crippen LogP contribution >= 0.6 is 0 Å². The Hall–Kier alpha value is -0.610. The van der Waals surface area contributed by atoms with Crippen molar-refractivity contribution in [3.05, 3.63) is 0 Å². The molecule has 0 aliphatic rings. The van der Waals surface area contributed by atoms with Gasteiger partial charge in [-0.2, -0.15) is 0 Å². The summed E-state index contributed by atoms with van der Waals surface area (Å²) in [6.45, 7) is 8.72.